The van der Waals surface area contributed by atoms with Gasteiger partial charge in [0, 0.05) is 35.5 Å². The van der Waals surface area contributed by atoms with Crippen LogP contribution in [0.5, 0.6) is 0 Å². The van der Waals surface area contributed by atoms with Crippen molar-refractivity contribution >= 4 is 65.2 Å². The standard InChI is InChI=1S/C18H30O2.C16H26O3.C12H19NO2.C10H16O4.C10H18O2S2/c1-5-17(3,4)16(19)20-18(6-2)14-8-12-7-13(10-14)11-15(18)9-12;1-4-14(2,3)13(17)19-16-8-11-5-12(9-16)7-15(18,6-11)10-16;1-4-12(2,3)11(15)13-9-7-5-6-8(9)10(13)14;1-4-10(2,3)9(12)14-7-5-6-13-8(7)11;1-4-10(2,3)9(11)12-8-7-13-5-6-14-8/h12-15H,5-11H2,1-4H3;11-12,18H,4-10H2,1-3H3;8-9H,4-7H2,1-3H3;7H,4-6H2,1-3H3;8H,4-7H2,1-3H3. The maximum atomic E-state index is 12.6. The molecule has 2 amide bonds. The monoisotopic (exact) mass is 1190 g/mol. The largest absolute Gasteiger partial charge is 0.463 e. The second-order valence-electron chi connectivity index (χ2n) is 29.7. The predicted octanol–water partition coefficient (Wildman–Crippen LogP) is 13.6. The summed E-state index contributed by atoms with van der Waals surface area (Å²) in [6.45, 7) is 31.9. The molecule has 6 unspecified atom stereocenters. The first kappa shape index (κ1) is 68.3. The fourth-order valence-electron chi connectivity index (χ4n) is 14.5. The highest BCUT2D eigenvalue weighted by molar-refractivity contribution is 8.06. The first-order chi connectivity index (χ1) is 38.2. The molecule has 12 aliphatic rings. The Kier molecular flexibility index (Phi) is 22.5. The predicted molar refractivity (Wildman–Crippen MR) is 323 cm³/mol. The van der Waals surface area contributed by atoms with Crippen molar-refractivity contribution in [3.8, 4) is 0 Å². The van der Waals surface area contributed by atoms with E-state index in [9.17, 15) is 38.7 Å². The van der Waals surface area contributed by atoms with Gasteiger partial charge in [-0.3, -0.25) is 33.7 Å². The molecule has 12 rings (SSSR count). The summed E-state index contributed by atoms with van der Waals surface area (Å²) >= 11 is 3.62. The van der Waals surface area contributed by atoms with Gasteiger partial charge in [0.15, 0.2) is 5.44 Å². The van der Waals surface area contributed by atoms with Crippen molar-refractivity contribution in [1.82, 2.24) is 4.90 Å². The molecule has 6 atom stereocenters. The van der Waals surface area contributed by atoms with Crippen LogP contribution in [-0.4, -0.2) is 110 Å². The summed E-state index contributed by atoms with van der Waals surface area (Å²) in [6, 6.07) is 0.232. The Morgan fingerprint density at radius 1 is 0.598 bits per heavy atom. The Bertz CT molecular complexity index is 2220. The lowest BCUT2D eigenvalue weighted by atomic mass is 9.49. The molecular weight excluding hydrogens is 1080 g/mol. The number of β-lactam (4-membered cyclic amide) rings is 1. The van der Waals surface area contributed by atoms with E-state index >= 15 is 0 Å². The number of thioether (sulfide) groups is 2. The van der Waals surface area contributed by atoms with E-state index in [1.165, 1.54) is 49.2 Å². The number of imide groups is 1. The van der Waals surface area contributed by atoms with E-state index in [0.717, 1.165) is 100 Å². The maximum Gasteiger partial charge on any atom is 0.347 e. The highest BCUT2D eigenvalue weighted by Gasteiger charge is 2.61. The van der Waals surface area contributed by atoms with Gasteiger partial charge in [0.25, 0.3) is 0 Å². The van der Waals surface area contributed by atoms with Crippen LogP contribution in [0.3, 0.4) is 0 Å². The van der Waals surface area contributed by atoms with Crippen LogP contribution in [0.4, 0.5) is 0 Å². The fraction of sp³-hybridized carbons (Fsp3) is 0.894. The van der Waals surface area contributed by atoms with Crippen molar-refractivity contribution in [2.24, 2.45) is 68.5 Å². The Morgan fingerprint density at radius 2 is 1.09 bits per heavy atom. The topological polar surface area (TPSA) is 189 Å². The SMILES string of the molecule is CCC(C)(C)C(=O)N1C(=O)C2CCCC21.CCC(C)(C)C(=O)OC1(CC)C2CC3CC(C2)CC1C3.CCC(C)(C)C(=O)OC12CC3CC(CC(O)(C3)C1)C2.CCC(C)(C)C(=O)OC1CCOC1=O.CCC(C)(C)C(=O)OC1CSCCS1. The van der Waals surface area contributed by atoms with Gasteiger partial charge >= 0.3 is 29.8 Å². The van der Waals surface area contributed by atoms with Crippen molar-refractivity contribution < 1.29 is 62.4 Å². The summed E-state index contributed by atoms with van der Waals surface area (Å²) < 4.78 is 27.5. The summed E-state index contributed by atoms with van der Waals surface area (Å²) in [5.74, 6) is 6.87. The van der Waals surface area contributed by atoms with Crippen LogP contribution < -0.4 is 0 Å². The number of ether oxygens (including phenoxy) is 5. The minimum absolute atomic E-state index is 0.0261. The smallest absolute Gasteiger partial charge is 0.347 e. The van der Waals surface area contributed by atoms with E-state index in [1.807, 2.05) is 94.8 Å². The molecule has 0 aromatic heterocycles. The second-order valence-corrected chi connectivity index (χ2v) is 32.1. The number of nitrogens with zero attached hydrogens (tertiary/aromatic N) is 1. The Labute approximate surface area is 502 Å². The number of carbonyl (C=O) groups is 7. The number of hydrogen-bond acceptors (Lipinski definition) is 15. The number of esters is 5. The van der Waals surface area contributed by atoms with E-state index < -0.39 is 28.5 Å². The molecule has 468 valence electrons. The van der Waals surface area contributed by atoms with Crippen molar-refractivity contribution in [2.45, 2.75) is 280 Å². The number of carbonyl (C=O) groups excluding carboxylic acids is 7. The number of amides is 2. The highest BCUT2D eigenvalue weighted by atomic mass is 32.2. The highest BCUT2D eigenvalue weighted by Crippen LogP contribution is 2.62. The van der Waals surface area contributed by atoms with Crippen LogP contribution in [0.2, 0.25) is 0 Å². The summed E-state index contributed by atoms with van der Waals surface area (Å²) in [5, 5.41) is 10.6. The first-order valence-electron chi connectivity index (χ1n) is 32.0. The Balaban J connectivity index is 0.000000166. The van der Waals surface area contributed by atoms with Gasteiger partial charge in [0.05, 0.1) is 45.8 Å². The van der Waals surface area contributed by atoms with Gasteiger partial charge in [-0.15, -0.1) is 11.8 Å². The third kappa shape index (κ3) is 15.6. The van der Waals surface area contributed by atoms with E-state index in [4.69, 9.17) is 23.7 Å². The molecular formula is C66H109NO13S2. The minimum atomic E-state index is -0.687. The zero-order valence-electron chi connectivity index (χ0n) is 53.6. The molecule has 8 bridgehead atoms. The van der Waals surface area contributed by atoms with Crippen LogP contribution >= 0.6 is 23.5 Å². The van der Waals surface area contributed by atoms with Crippen LogP contribution in [0.15, 0.2) is 0 Å². The number of likely N-dealkylation sites (tertiary alicyclic amines) is 1. The molecule has 12 fully saturated rings. The molecule has 0 aromatic rings. The third-order valence-electron chi connectivity index (χ3n) is 21.6. The lowest BCUT2D eigenvalue weighted by Gasteiger charge is -2.60. The molecule has 0 radical (unpaired) electrons. The van der Waals surface area contributed by atoms with Crippen molar-refractivity contribution in [3.05, 3.63) is 0 Å². The maximum absolute atomic E-state index is 12.6. The average molecular weight is 1190 g/mol. The number of rotatable bonds is 15. The zero-order valence-corrected chi connectivity index (χ0v) is 55.2. The number of fused-ring (bicyclic) bond motifs is 1. The van der Waals surface area contributed by atoms with E-state index in [2.05, 4.69) is 13.8 Å². The molecule has 16 heteroatoms. The molecule has 0 spiro atoms. The van der Waals surface area contributed by atoms with Crippen molar-refractivity contribution in [2.75, 3.05) is 23.9 Å². The van der Waals surface area contributed by atoms with Gasteiger partial charge < -0.3 is 28.8 Å². The van der Waals surface area contributed by atoms with E-state index in [-0.39, 0.29) is 80.5 Å². The van der Waals surface area contributed by atoms with Crippen molar-refractivity contribution in [1.29, 1.82) is 0 Å². The normalized spacial score (nSPS) is 33.9. The van der Waals surface area contributed by atoms with Gasteiger partial charge in [-0.1, -0.05) is 61.8 Å². The minimum Gasteiger partial charge on any atom is -0.463 e. The Morgan fingerprint density at radius 3 is 1.54 bits per heavy atom. The van der Waals surface area contributed by atoms with Crippen LogP contribution in [0, 0.1) is 68.5 Å². The summed E-state index contributed by atoms with van der Waals surface area (Å²) in [6.07, 6.45) is 20.2. The lowest BCUT2D eigenvalue weighted by Crippen LogP contribution is -2.63. The second kappa shape index (κ2) is 27.0. The molecule has 0 aromatic carbocycles. The number of hydrogen-bond donors (Lipinski definition) is 1. The first-order valence-corrected chi connectivity index (χ1v) is 34.2. The molecule has 1 N–H and O–H groups in total. The molecule has 82 heavy (non-hydrogen) atoms. The zero-order chi connectivity index (χ0) is 61.0. The summed E-state index contributed by atoms with van der Waals surface area (Å²) in [7, 11) is 0. The van der Waals surface area contributed by atoms with Crippen LogP contribution in [-0.2, 0) is 57.2 Å². The van der Waals surface area contributed by atoms with Crippen molar-refractivity contribution in [3.63, 3.8) is 0 Å². The number of cyclic esters (lactones) is 1. The average Bonchev–Trinajstić information content (AvgIpc) is 4.18. The number of aliphatic hydroxyl groups is 1. The Hall–Kier alpha value is -2.85. The van der Waals surface area contributed by atoms with Gasteiger partial charge in [-0.25, -0.2) is 4.79 Å². The molecule has 3 aliphatic heterocycles. The van der Waals surface area contributed by atoms with Gasteiger partial charge in [-0.2, -0.15) is 11.8 Å². The lowest BCUT2D eigenvalue weighted by molar-refractivity contribution is -0.225. The van der Waals surface area contributed by atoms with Gasteiger partial charge in [0.1, 0.15) is 11.2 Å². The molecule has 14 nitrogen and oxygen atoms in total. The quantitative estimate of drug-likeness (QED) is 0.0925. The molecule has 9 saturated carbocycles. The van der Waals surface area contributed by atoms with E-state index in [0.29, 0.717) is 49.5 Å². The van der Waals surface area contributed by atoms with Crippen LogP contribution in [0.25, 0.3) is 0 Å². The van der Waals surface area contributed by atoms with Gasteiger partial charge in [0.2, 0.25) is 17.9 Å². The van der Waals surface area contributed by atoms with Gasteiger partial charge in [-0.05, 0) is 206 Å². The van der Waals surface area contributed by atoms with E-state index in [1.54, 1.807) is 25.6 Å². The summed E-state index contributed by atoms with van der Waals surface area (Å²) in [5.41, 5.74) is -2.95. The molecule has 3 heterocycles. The molecule has 3 saturated heterocycles. The summed E-state index contributed by atoms with van der Waals surface area (Å²) in [4.78, 5) is 84.7. The molecule has 9 aliphatic carbocycles. The van der Waals surface area contributed by atoms with Crippen LogP contribution in [0.1, 0.15) is 246 Å². The fourth-order valence-corrected chi connectivity index (χ4v) is 16.9. The third-order valence-corrected chi connectivity index (χ3v) is 24.2.